The highest BCUT2D eigenvalue weighted by atomic mass is 127. The van der Waals surface area contributed by atoms with E-state index in [-0.39, 0.29) is 36.4 Å². The molecule has 1 amide bonds. The highest BCUT2D eigenvalue weighted by Gasteiger charge is 2.08. The van der Waals surface area contributed by atoms with Gasteiger partial charge in [0.15, 0.2) is 17.4 Å². The third-order valence-electron chi connectivity index (χ3n) is 3.91. The fraction of sp³-hybridized carbons (Fsp3) is 0.333. The second kappa shape index (κ2) is 10.6. The molecule has 0 radical (unpaired) electrons. The van der Waals surface area contributed by atoms with Gasteiger partial charge >= 0.3 is 0 Å². The summed E-state index contributed by atoms with van der Waals surface area (Å²) >= 11 is 0. The molecule has 0 aliphatic rings. The average Bonchev–Trinajstić information content (AvgIpc) is 3.33. The van der Waals surface area contributed by atoms with Crippen molar-refractivity contribution < 1.29 is 9.21 Å². The molecule has 0 bridgehead atoms. The summed E-state index contributed by atoms with van der Waals surface area (Å²) in [5.74, 6) is 2.10. The molecule has 9 nitrogen and oxygen atoms in total. The summed E-state index contributed by atoms with van der Waals surface area (Å²) in [6, 6.07) is 9.49. The molecule has 3 rings (SSSR count). The molecule has 3 aromatic heterocycles. The number of fused-ring (bicyclic) bond motifs is 1. The van der Waals surface area contributed by atoms with E-state index in [4.69, 9.17) is 4.42 Å². The molecule has 0 fully saturated rings. The molecule has 150 valence electrons. The molecule has 10 heteroatoms. The fourth-order valence-electron chi connectivity index (χ4n) is 2.40. The van der Waals surface area contributed by atoms with Gasteiger partial charge in [-0.05, 0) is 24.3 Å². The van der Waals surface area contributed by atoms with E-state index >= 15 is 0 Å². The Morgan fingerprint density at radius 3 is 2.82 bits per heavy atom. The van der Waals surface area contributed by atoms with Crippen LogP contribution < -0.4 is 10.6 Å². The first kappa shape index (κ1) is 21.7. The first-order valence-electron chi connectivity index (χ1n) is 8.67. The van der Waals surface area contributed by atoms with Gasteiger partial charge in [-0.25, -0.2) is 4.99 Å². The number of furan rings is 1. The number of halogens is 1. The number of guanidine groups is 1. The molecule has 3 aromatic rings. The van der Waals surface area contributed by atoms with Crippen LogP contribution >= 0.6 is 24.0 Å². The van der Waals surface area contributed by atoms with Crippen LogP contribution in [0, 0.1) is 0 Å². The van der Waals surface area contributed by atoms with Crippen molar-refractivity contribution in [1.29, 1.82) is 0 Å². The number of rotatable bonds is 7. The van der Waals surface area contributed by atoms with Crippen molar-refractivity contribution >= 4 is 41.5 Å². The molecule has 3 heterocycles. The smallest absolute Gasteiger partial charge is 0.241 e. The molecule has 0 spiro atoms. The first-order valence-corrected chi connectivity index (χ1v) is 8.67. The summed E-state index contributed by atoms with van der Waals surface area (Å²) in [6.07, 6.45) is 4.26. The molecule has 0 aliphatic heterocycles. The maximum absolute atomic E-state index is 11.9. The summed E-state index contributed by atoms with van der Waals surface area (Å²) < 4.78 is 7.21. The summed E-state index contributed by atoms with van der Waals surface area (Å²) in [4.78, 5) is 17.9. The van der Waals surface area contributed by atoms with E-state index in [0.717, 1.165) is 17.2 Å². The molecule has 0 saturated heterocycles. The standard InChI is InChI=1S/C18H23N7O2.HI/c1-24(2)17(26)13-21-18(19-9-8-14-6-5-11-27-14)20-12-16-23-22-15-7-3-4-10-25(15)16;/h3-7,10-11H,8-9,12-13H2,1-2H3,(H2,19,20,21);1H. The number of pyridine rings is 1. The SMILES string of the molecule is CN(C)C(=O)CNC(=NCc1nnc2ccccn12)NCCc1ccco1.I. The second-order valence-corrected chi connectivity index (χ2v) is 6.11. The number of hydrogen-bond acceptors (Lipinski definition) is 5. The maximum atomic E-state index is 11.9. The van der Waals surface area contributed by atoms with Gasteiger partial charge in [0.2, 0.25) is 5.91 Å². The van der Waals surface area contributed by atoms with Crippen molar-refractivity contribution in [2.24, 2.45) is 4.99 Å². The molecule has 0 saturated carbocycles. The zero-order chi connectivity index (χ0) is 19.1. The number of hydrogen-bond donors (Lipinski definition) is 2. The van der Waals surface area contributed by atoms with Crippen LogP contribution in [0.1, 0.15) is 11.6 Å². The highest BCUT2D eigenvalue weighted by molar-refractivity contribution is 14.0. The van der Waals surface area contributed by atoms with Gasteiger partial charge in [-0.1, -0.05) is 6.07 Å². The van der Waals surface area contributed by atoms with Crippen molar-refractivity contribution in [3.8, 4) is 0 Å². The second-order valence-electron chi connectivity index (χ2n) is 6.11. The lowest BCUT2D eigenvalue weighted by Crippen LogP contribution is -2.43. The van der Waals surface area contributed by atoms with E-state index in [9.17, 15) is 4.79 Å². The number of likely N-dealkylation sites (N-methyl/N-ethyl adjacent to an activating group) is 1. The number of carbonyl (C=O) groups excluding carboxylic acids is 1. The molecule has 0 unspecified atom stereocenters. The third kappa shape index (κ3) is 5.94. The predicted molar refractivity (Wildman–Crippen MR) is 117 cm³/mol. The predicted octanol–water partition coefficient (Wildman–Crippen LogP) is 1.31. The Morgan fingerprint density at radius 2 is 2.07 bits per heavy atom. The van der Waals surface area contributed by atoms with Crippen LogP contribution in [0.15, 0.2) is 52.2 Å². The molecular formula is C18H24IN7O2. The molecule has 0 aromatic carbocycles. The van der Waals surface area contributed by atoms with Gasteiger partial charge in [-0.3, -0.25) is 9.20 Å². The van der Waals surface area contributed by atoms with E-state index in [2.05, 4.69) is 25.8 Å². The summed E-state index contributed by atoms with van der Waals surface area (Å²) in [5.41, 5.74) is 0.769. The van der Waals surface area contributed by atoms with Gasteiger partial charge in [0.05, 0.1) is 12.8 Å². The third-order valence-corrected chi connectivity index (χ3v) is 3.91. The van der Waals surface area contributed by atoms with Gasteiger partial charge in [0.25, 0.3) is 0 Å². The van der Waals surface area contributed by atoms with E-state index in [0.29, 0.717) is 25.5 Å². The van der Waals surface area contributed by atoms with Crippen LogP contribution in [-0.4, -0.2) is 58.5 Å². The first-order chi connectivity index (χ1) is 13.1. The van der Waals surface area contributed by atoms with Gasteiger partial charge in [0.1, 0.15) is 12.3 Å². The maximum Gasteiger partial charge on any atom is 0.241 e. The topological polar surface area (TPSA) is 100 Å². The number of carbonyl (C=O) groups is 1. The minimum Gasteiger partial charge on any atom is -0.469 e. The Bertz CT molecular complexity index is 906. The Morgan fingerprint density at radius 1 is 1.21 bits per heavy atom. The number of nitrogens with zero attached hydrogens (tertiary/aromatic N) is 5. The molecule has 2 N–H and O–H groups in total. The minimum atomic E-state index is -0.0385. The zero-order valence-corrected chi connectivity index (χ0v) is 18.2. The van der Waals surface area contributed by atoms with Gasteiger partial charge in [0, 0.05) is 33.3 Å². The van der Waals surface area contributed by atoms with Crippen molar-refractivity contribution in [1.82, 2.24) is 30.1 Å². The van der Waals surface area contributed by atoms with Crippen molar-refractivity contribution in [3.63, 3.8) is 0 Å². The van der Waals surface area contributed by atoms with E-state index in [1.807, 2.05) is 40.9 Å². The van der Waals surface area contributed by atoms with Crippen molar-refractivity contribution in [2.75, 3.05) is 27.2 Å². The number of nitrogens with one attached hydrogen (secondary N) is 2. The summed E-state index contributed by atoms with van der Waals surface area (Å²) in [7, 11) is 3.43. The van der Waals surface area contributed by atoms with Crippen LogP contribution in [-0.2, 0) is 17.8 Å². The molecule has 0 aliphatic carbocycles. The van der Waals surface area contributed by atoms with E-state index in [1.165, 1.54) is 4.90 Å². The zero-order valence-electron chi connectivity index (χ0n) is 15.8. The largest absolute Gasteiger partial charge is 0.469 e. The average molecular weight is 497 g/mol. The van der Waals surface area contributed by atoms with Gasteiger partial charge in [-0.2, -0.15) is 0 Å². The van der Waals surface area contributed by atoms with E-state index in [1.54, 1.807) is 20.4 Å². The number of aromatic nitrogens is 3. The van der Waals surface area contributed by atoms with Crippen LogP contribution in [0.25, 0.3) is 5.65 Å². The Labute approximate surface area is 180 Å². The number of amides is 1. The Balaban J connectivity index is 0.00000280. The van der Waals surface area contributed by atoms with Gasteiger partial charge < -0.3 is 20.0 Å². The summed E-state index contributed by atoms with van der Waals surface area (Å²) in [6.45, 7) is 1.10. The normalized spacial score (nSPS) is 11.1. The Hall–Kier alpha value is -2.63. The van der Waals surface area contributed by atoms with Crippen LogP contribution in [0.5, 0.6) is 0 Å². The summed E-state index contributed by atoms with van der Waals surface area (Å²) in [5, 5.41) is 14.6. The quantitative estimate of drug-likeness (QED) is 0.290. The van der Waals surface area contributed by atoms with Gasteiger partial charge in [-0.15, -0.1) is 34.2 Å². The minimum absolute atomic E-state index is 0. The Kier molecular flexibility index (Phi) is 8.23. The number of aliphatic imine (C=N–C) groups is 1. The van der Waals surface area contributed by atoms with Crippen molar-refractivity contribution in [2.45, 2.75) is 13.0 Å². The lowest BCUT2D eigenvalue weighted by atomic mass is 10.3. The lowest BCUT2D eigenvalue weighted by molar-refractivity contribution is -0.127. The lowest BCUT2D eigenvalue weighted by Gasteiger charge is -2.14. The van der Waals surface area contributed by atoms with Crippen LogP contribution in [0.2, 0.25) is 0 Å². The molecule has 0 atom stereocenters. The van der Waals surface area contributed by atoms with Crippen molar-refractivity contribution in [3.05, 3.63) is 54.4 Å². The fourth-order valence-corrected chi connectivity index (χ4v) is 2.40. The highest BCUT2D eigenvalue weighted by Crippen LogP contribution is 2.04. The van der Waals surface area contributed by atoms with E-state index < -0.39 is 0 Å². The monoisotopic (exact) mass is 497 g/mol. The van der Waals surface area contributed by atoms with Crippen LogP contribution in [0.4, 0.5) is 0 Å². The molecule has 28 heavy (non-hydrogen) atoms. The molecular weight excluding hydrogens is 473 g/mol. The van der Waals surface area contributed by atoms with Crippen LogP contribution in [0.3, 0.4) is 0 Å².